The van der Waals surface area contributed by atoms with Crippen LogP contribution in [-0.2, 0) is 27.2 Å². The van der Waals surface area contributed by atoms with Crippen molar-refractivity contribution in [3.8, 4) is 0 Å². The largest absolute Gasteiger partial charge is 0.481 e. The monoisotopic (exact) mass is 282 g/mol. The summed E-state index contributed by atoms with van der Waals surface area (Å²) in [5.41, 5.74) is 5.55. The van der Waals surface area contributed by atoms with Crippen LogP contribution in [0.3, 0.4) is 0 Å². The number of aliphatic carboxylic acids is 1. The number of carboxylic acids is 1. The van der Waals surface area contributed by atoms with E-state index in [0.29, 0.717) is 12.3 Å². The number of aliphatic hydroxyl groups is 1. The van der Waals surface area contributed by atoms with Gasteiger partial charge in [-0.1, -0.05) is 13.8 Å². The standard InChI is InChI=1S/C8H17NO3.Ag/c1-5(2)3-6(9)7(10)4-8(11)12;/h5-7,10H,3-4,9H2,1-2H3,(H,11,12);/t6-,7-;/m0./s1. The van der Waals surface area contributed by atoms with Gasteiger partial charge in [-0.25, -0.2) is 0 Å². The number of nitrogens with two attached hydrogens (primary N) is 1. The summed E-state index contributed by atoms with van der Waals surface area (Å²) in [6.07, 6.45) is -0.549. The third-order valence-corrected chi connectivity index (χ3v) is 1.62. The van der Waals surface area contributed by atoms with E-state index in [0.717, 1.165) is 0 Å². The summed E-state index contributed by atoms with van der Waals surface area (Å²) in [6.45, 7) is 3.96. The maximum Gasteiger partial charge on any atom is 0.306 e. The minimum Gasteiger partial charge on any atom is -0.481 e. The normalized spacial score (nSPS) is 14.8. The molecule has 4 nitrogen and oxygen atoms in total. The van der Waals surface area contributed by atoms with Gasteiger partial charge in [0.1, 0.15) is 0 Å². The average molecular weight is 283 g/mol. The van der Waals surface area contributed by atoms with Crippen molar-refractivity contribution in [1.82, 2.24) is 0 Å². The molecule has 13 heavy (non-hydrogen) atoms. The molecule has 0 aromatic rings. The number of hydrogen-bond donors (Lipinski definition) is 3. The summed E-state index contributed by atoms with van der Waals surface area (Å²) in [6, 6.07) is -0.430. The van der Waals surface area contributed by atoms with Crippen molar-refractivity contribution in [3.63, 3.8) is 0 Å². The molecule has 1 radical (unpaired) electrons. The smallest absolute Gasteiger partial charge is 0.306 e. The molecule has 0 amide bonds. The predicted molar refractivity (Wildman–Crippen MR) is 45.7 cm³/mol. The first-order valence-electron chi connectivity index (χ1n) is 4.09. The van der Waals surface area contributed by atoms with Crippen LogP contribution in [0.25, 0.3) is 0 Å². The first-order chi connectivity index (χ1) is 5.43. The zero-order valence-corrected chi connectivity index (χ0v) is 9.31. The molecule has 2 atom stereocenters. The van der Waals surface area contributed by atoms with Gasteiger partial charge < -0.3 is 15.9 Å². The van der Waals surface area contributed by atoms with Crippen molar-refractivity contribution < 1.29 is 37.4 Å². The molecule has 5 heteroatoms. The van der Waals surface area contributed by atoms with E-state index in [1.54, 1.807) is 0 Å². The van der Waals surface area contributed by atoms with Gasteiger partial charge in [0.05, 0.1) is 12.5 Å². The Balaban J connectivity index is 0. The summed E-state index contributed by atoms with van der Waals surface area (Å²) in [4.78, 5) is 10.2. The minimum absolute atomic E-state index is 0. The molecule has 0 spiro atoms. The number of rotatable bonds is 5. The van der Waals surface area contributed by atoms with Crippen LogP contribution >= 0.6 is 0 Å². The van der Waals surface area contributed by atoms with E-state index in [4.69, 9.17) is 10.8 Å². The van der Waals surface area contributed by atoms with Gasteiger partial charge in [0, 0.05) is 28.4 Å². The molecular weight excluding hydrogens is 266 g/mol. The van der Waals surface area contributed by atoms with Gasteiger partial charge in [-0.15, -0.1) is 0 Å². The van der Waals surface area contributed by atoms with Gasteiger partial charge in [0.2, 0.25) is 0 Å². The Morgan fingerprint density at radius 1 is 1.46 bits per heavy atom. The van der Waals surface area contributed by atoms with Crippen molar-refractivity contribution in [3.05, 3.63) is 0 Å². The van der Waals surface area contributed by atoms with Crippen molar-refractivity contribution in [1.29, 1.82) is 0 Å². The molecule has 0 rings (SSSR count). The van der Waals surface area contributed by atoms with Crippen LogP contribution in [0.15, 0.2) is 0 Å². The first-order valence-corrected chi connectivity index (χ1v) is 4.09. The fourth-order valence-corrected chi connectivity index (χ4v) is 1.03. The third-order valence-electron chi connectivity index (χ3n) is 1.62. The van der Waals surface area contributed by atoms with Crippen molar-refractivity contribution in [2.75, 3.05) is 0 Å². The summed E-state index contributed by atoms with van der Waals surface area (Å²) in [5, 5.41) is 17.6. The van der Waals surface area contributed by atoms with E-state index < -0.39 is 18.1 Å². The van der Waals surface area contributed by atoms with Crippen LogP contribution in [0.1, 0.15) is 26.7 Å². The van der Waals surface area contributed by atoms with Gasteiger partial charge >= 0.3 is 5.97 Å². The summed E-state index contributed by atoms with van der Waals surface area (Å²) in [7, 11) is 0. The fourth-order valence-electron chi connectivity index (χ4n) is 1.03. The Hall–Kier alpha value is 0.130. The molecular formula is C8H17AgNO3. The van der Waals surface area contributed by atoms with Gasteiger partial charge in [0.15, 0.2) is 0 Å². The Morgan fingerprint density at radius 2 is 1.92 bits per heavy atom. The molecule has 0 bridgehead atoms. The third kappa shape index (κ3) is 8.46. The van der Waals surface area contributed by atoms with E-state index in [-0.39, 0.29) is 28.8 Å². The molecule has 0 aliphatic heterocycles. The Labute approximate surface area is 94.0 Å². The molecule has 0 fully saturated rings. The molecule has 0 saturated carbocycles. The molecule has 0 aromatic carbocycles. The molecule has 0 aliphatic rings. The zero-order valence-electron chi connectivity index (χ0n) is 7.83. The molecule has 0 unspecified atom stereocenters. The van der Waals surface area contributed by atoms with Gasteiger partial charge in [0.25, 0.3) is 0 Å². The number of carboxylic acid groups (broad SMARTS) is 1. The number of aliphatic hydroxyl groups excluding tert-OH is 1. The molecule has 4 N–H and O–H groups in total. The van der Waals surface area contributed by atoms with Crippen LogP contribution in [0.2, 0.25) is 0 Å². The van der Waals surface area contributed by atoms with Crippen LogP contribution in [0.4, 0.5) is 0 Å². The molecule has 0 saturated heterocycles. The van der Waals surface area contributed by atoms with Crippen molar-refractivity contribution in [2.24, 2.45) is 11.7 Å². The second-order valence-electron chi connectivity index (χ2n) is 3.46. The van der Waals surface area contributed by atoms with E-state index >= 15 is 0 Å². The average Bonchev–Trinajstić information content (AvgIpc) is 1.84. The predicted octanol–water partition coefficient (Wildman–Crippen LogP) is 0.193. The zero-order chi connectivity index (χ0) is 9.72. The fraction of sp³-hybridized carbons (Fsp3) is 0.875. The molecule has 0 aliphatic carbocycles. The van der Waals surface area contributed by atoms with Crippen LogP contribution in [0, 0.1) is 5.92 Å². The van der Waals surface area contributed by atoms with Gasteiger partial charge in [-0.3, -0.25) is 4.79 Å². The number of carbonyl (C=O) groups is 1. The second kappa shape index (κ2) is 7.53. The quantitative estimate of drug-likeness (QED) is 0.629. The van der Waals surface area contributed by atoms with Crippen molar-refractivity contribution >= 4 is 5.97 Å². The maximum absolute atomic E-state index is 10.2. The van der Waals surface area contributed by atoms with Crippen LogP contribution in [0.5, 0.6) is 0 Å². The molecule has 0 aromatic heterocycles. The minimum atomic E-state index is -1.01. The van der Waals surface area contributed by atoms with E-state index in [1.165, 1.54) is 0 Å². The Bertz CT molecular complexity index is 152. The topological polar surface area (TPSA) is 83.5 Å². The SMILES string of the molecule is CC(C)C[C@H](N)[C@@H](O)CC(=O)O.[Ag]. The maximum atomic E-state index is 10.2. The van der Waals surface area contributed by atoms with Crippen LogP contribution < -0.4 is 5.73 Å². The summed E-state index contributed by atoms with van der Waals surface area (Å²) < 4.78 is 0. The van der Waals surface area contributed by atoms with E-state index in [2.05, 4.69) is 0 Å². The molecule has 0 heterocycles. The van der Waals surface area contributed by atoms with Gasteiger partial charge in [-0.05, 0) is 12.3 Å². The van der Waals surface area contributed by atoms with E-state index in [9.17, 15) is 9.90 Å². The van der Waals surface area contributed by atoms with E-state index in [1.807, 2.05) is 13.8 Å². The summed E-state index contributed by atoms with van der Waals surface area (Å²) >= 11 is 0. The Kier molecular flexibility index (Phi) is 9.03. The second-order valence-corrected chi connectivity index (χ2v) is 3.46. The summed E-state index contributed by atoms with van der Waals surface area (Å²) in [5.74, 6) is -0.634. The van der Waals surface area contributed by atoms with Crippen LogP contribution in [-0.4, -0.2) is 28.3 Å². The number of hydrogen-bond acceptors (Lipinski definition) is 3. The first kappa shape index (κ1) is 15.6. The Morgan fingerprint density at radius 3 is 2.23 bits per heavy atom. The van der Waals surface area contributed by atoms with Crippen molar-refractivity contribution in [2.45, 2.75) is 38.8 Å². The van der Waals surface area contributed by atoms with Gasteiger partial charge in [-0.2, -0.15) is 0 Å². The molecule has 83 valence electrons.